The summed E-state index contributed by atoms with van der Waals surface area (Å²) in [6, 6.07) is 7.53. The van der Waals surface area contributed by atoms with Gasteiger partial charge in [0.2, 0.25) is 6.10 Å². The highest BCUT2D eigenvalue weighted by atomic mass is 19.4. The van der Waals surface area contributed by atoms with E-state index >= 15 is 0 Å². The summed E-state index contributed by atoms with van der Waals surface area (Å²) >= 11 is 0. The van der Waals surface area contributed by atoms with Crippen LogP contribution in [0.3, 0.4) is 0 Å². The second-order valence-corrected chi connectivity index (χ2v) is 6.27. The Labute approximate surface area is 165 Å². The van der Waals surface area contributed by atoms with Crippen molar-refractivity contribution in [2.75, 3.05) is 18.1 Å². The maximum Gasteiger partial charge on any atom is 0.429 e. The molecule has 30 heavy (non-hydrogen) atoms. The van der Waals surface area contributed by atoms with Crippen molar-refractivity contribution >= 4 is 17.7 Å². The first kappa shape index (κ1) is 21.5. The molecule has 2 aromatic carbocycles. The number of benzene rings is 2. The molecule has 1 fully saturated rings. The average molecular weight is 433 g/mol. The third kappa shape index (κ3) is 4.66. The highest BCUT2D eigenvalue weighted by Gasteiger charge is 2.45. The number of carbonyl (C=O) groups is 2. The molecule has 3 rings (SSSR count). The van der Waals surface area contributed by atoms with E-state index in [4.69, 9.17) is 4.74 Å². The maximum absolute atomic E-state index is 13.5. The van der Waals surface area contributed by atoms with E-state index in [1.807, 2.05) is 0 Å². The fourth-order valence-corrected chi connectivity index (χ4v) is 2.81. The number of alkyl halides is 6. The fourth-order valence-electron chi connectivity index (χ4n) is 2.81. The van der Waals surface area contributed by atoms with Gasteiger partial charge in [0.1, 0.15) is 6.61 Å². The van der Waals surface area contributed by atoms with E-state index in [9.17, 15) is 35.9 Å². The lowest BCUT2D eigenvalue weighted by Gasteiger charge is -2.22. The van der Waals surface area contributed by atoms with E-state index in [-0.39, 0.29) is 30.5 Å². The van der Waals surface area contributed by atoms with E-state index in [2.05, 4.69) is 4.74 Å². The molecular weight excluding hydrogens is 420 g/mol. The van der Waals surface area contributed by atoms with Crippen molar-refractivity contribution in [3.05, 3.63) is 65.2 Å². The fraction of sp³-hybridized carbons (Fsp3) is 0.263. The Morgan fingerprint density at radius 2 is 1.73 bits per heavy atom. The average Bonchev–Trinajstić information content (AvgIpc) is 3.10. The molecule has 160 valence electrons. The molecule has 0 N–H and O–H groups in total. The minimum Gasteiger partial charge on any atom is -0.447 e. The molecule has 0 radical (unpaired) electrons. The molecule has 1 amide bonds. The predicted octanol–water partition coefficient (Wildman–Crippen LogP) is 5.12. The monoisotopic (exact) mass is 433 g/mol. The van der Waals surface area contributed by atoms with Gasteiger partial charge in [-0.05, 0) is 30.3 Å². The normalized spacial score (nSPS) is 15.7. The summed E-state index contributed by atoms with van der Waals surface area (Å²) in [6.07, 6.45) is -13.6. The van der Waals surface area contributed by atoms with Crippen molar-refractivity contribution < 1.29 is 45.4 Å². The number of cyclic esters (lactones) is 1. The van der Waals surface area contributed by atoms with Gasteiger partial charge < -0.3 is 9.47 Å². The van der Waals surface area contributed by atoms with Crippen molar-refractivity contribution in [3.63, 3.8) is 0 Å². The number of amides is 1. The standard InChI is InChI=1S/C19H13F6NO4/c20-18(21,22)13-5-1-3-11(9-13)15(19(23,24)25)30-16(27)12-4-2-6-14(10-12)26-7-8-29-17(26)28/h1-6,9-10,15H,7-8H2. The van der Waals surface area contributed by atoms with Gasteiger partial charge in [0.15, 0.2) is 0 Å². The first-order valence-corrected chi connectivity index (χ1v) is 8.46. The van der Waals surface area contributed by atoms with Gasteiger partial charge in [0.05, 0.1) is 17.7 Å². The van der Waals surface area contributed by atoms with Gasteiger partial charge in [-0.25, -0.2) is 9.59 Å². The van der Waals surface area contributed by atoms with Gasteiger partial charge in [-0.15, -0.1) is 0 Å². The number of anilines is 1. The van der Waals surface area contributed by atoms with Crippen LogP contribution < -0.4 is 4.90 Å². The molecule has 1 atom stereocenters. The van der Waals surface area contributed by atoms with Crippen LogP contribution >= 0.6 is 0 Å². The Morgan fingerprint density at radius 1 is 1.03 bits per heavy atom. The Bertz CT molecular complexity index is 957. The van der Waals surface area contributed by atoms with Crippen LogP contribution in [0, 0.1) is 0 Å². The summed E-state index contributed by atoms with van der Waals surface area (Å²) < 4.78 is 88.2. The van der Waals surface area contributed by atoms with Crippen molar-refractivity contribution in [3.8, 4) is 0 Å². The number of hydrogen-bond donors (Lipinski definition) is 0. The molecule has 1 saturated heterocycles. The van der Waals surface area contributed by atoms with E-state index in [0.29, 0.717) is 6.07 Å². The number of carbonyl (C=O) groups excluding carboxylic acids is 2. The van der Waals surface area contributed by atoms with Crippen molar-refractivity contribution in [1.29, 1.82) is 0 Å². The molecule has 11 heteroatoms. The molecule has 2 aromatic rings. The minimum absolute atomic E-state index is 0.110. The Morgan fingerprint density at radius 3 is 2.33 bits per heavy atom. The number of ether oxygens (including phenoxy) is 2. The molecule has 0 aliphatic carbocycles. The summed E-state index contributed by atoms with van der Waals surface area (Å²) in [5.74, 6) is -1.41. The first-order valence-electron chi connectivity index (χ1n) is 8.46. The molecule has 0 bridgehead atoms. The van der Waals surface area contributed by atoms with Gasteiger partial charge in [0, 0.05) is 11.3 Å². The predicted molar refractivity (Wildman–Crippen MR) is 90.8 cm³/mol. The Balaban J connectivity index is 1.88. The summed E-state index contributed by atoms with van der Waals surface area (Å²) in [5, 5.41) is 0. The smallest absolute Gasteiger partial charge is 0.429 e. The highest BCUT2D eigenvalue weighted by Crippen LogP contribution is 2.39. The van der Waals surface area contributed by atoms with Gasteiger partial charge in [-0.1, -0.05) is 18.2 Å². The summed E-state index contributed by atoms with van der Waals surface area (Å²) in [4.78, 5) is 25.1. The third-order valence-corrected chi connectivity index (χ3v) is 4.19. The van der Waals surface area contributed by atoms with Crippen LogP contribution in [0.1, 0.15) is 27.6 Å². The zero-order chi connectivity index (χ0) is 22.1. The van der Waals surface area contributed by atoms with Crippen LogP contribution in [-0.4, -0.2) is 31.4 Å². The largest absolute Gasteiger partial charge is 0.447 e. The molecule has 0 saturated carbocycles. The SMILES string of the molecule is O=C(OC(c1cccc(C(F)(F)F)c1)C(F)(F)F)c1cccc(N2CCOC2=O)c1. The molecule has 1 aliphatic heterocycles. The van der Waals surface area contributed by atoms with Crippen LogP contribution in [-0.2, 0) is 15.7 Å². The quantitative estimate of drug-likeness (QED) is 0.496. The first-order chi connectivity index (χ1) is 14.0. The Kier molecular flexibility index (Phi) is 5.64. The minimum atomic E-state index is -5.16. The summed E-state index contributed by atoms with van der Waals surface area (Å²) in [6.45, 7) is 0.298. The molecule has 5 nitrogen and oxygen atoms in total. The molecule has 0 spiro atoms. The van der Waals surface area contributed by atoms with Crippen molar-refractivity contribution in [1.82, 2.24) is 0 Å². The van der Waals surface area contributed by atoms with Crippen LogP contribution in [0.4, 0.5) is 36.8 Å². The van der Waals surface area contributed by atoms with Gasteiger partial charge >= 0.3 is 24.4 Å². The lowest BCUT2D eigenvalue weighted by molar-refractivity contribution is -0.207. The molecule has 1 aliphatic rings. The van der Waals surface area contributed by atoms with Crippen LogP contribution in [0.2, 0.25) is 0 Å². The number of halogens is 6. The molecule has 0 aromatic heterocycles. The second-order valence-electron chi connectivity index (χ2n) is 6.27. The van der Waals surface area contributed by atoms with Crippen molar-refractivity contribution in [2.24, 2.45) is 0 Å². The van der Waals surface area contributed by atoms with Gasteiger partial charge in [-0.3, -0.25) is 4.90 Å². The molecular formula is C19H13F6NO4. The summed E-state index contributed by atoms with van der Waals surface area (Å²) in [5.41, 5.74) is -2.28. The van der Waals surface area contributed by atoms with Crippen LogP contribution in [0.15, 0.2) is 48.5 Å². The molecule has 1 heterocycles. The second kappa shape index (κ2) is 7.88. The topological polar surface area (TPSA) is 55.8 Å². The Hall–Kier alpha value is -3.24. The zero-order valence-electron chi connectivity index (χ0n) is 15.0. The lowest BCUT2D eigenvalue weighted by Crippen LogP contribution is -2.27. The van der Waals surface area contributed by atoms with Crippen LogP contribution in [0.25, 0.3) is 0 Å². The molecule has 1 unspecified atom stereocenters. The van der Waals surface area contributed by atoms with Crippen molar-refractivity contribution in [2.45, 2.75) is 18.5 Å². The highest BCUT2D eigenvalue weighted by molar-refractivity contribution is 5.94. The zero-order valence-corrected chi connectivity index (χ0v) is 15.0. The van der Waals surface area contributed by atoms with Gasteiger partial charge in [0.25, 0.3) is 0 Å². The number of nitrogens with zero attached hydrogens (tertiary/aromatic N) is 1. The number of rotatable bonds is 4. The number of hydrogen-bond acceptors (Lipinski definition) is 4. The lowest BCUT2D eigenvalue weighted by atomic mass is 10.0. The van der Waals surface area contributed by atoms with Crippen LogP contribution in [0.5, 0.6) is 0 Å². The van der Waals surface area contributed by atoms with E-state index in [0.717, 1.165) is 24.3 Å². The maximum atomic E-state index is 13.5. The summed E-state index contributed by atoms with van der Waals surface area (Å²) in [7, 11) is 0. The van der Waals surface area contributed by atoms with E-state index < -0.39 is 41.6 Å². The van der Waals surface area contributed by atoms with E-state index in [1.165, 1.54) is 17.0 Å². The number of esters is 1. The third-order valence-electron chi connectivity index (χ3n) is 4.19. The van der Waals surface area contributed by atoms with Gasteiger partial charge in [-0.2, -0.15) is 26.3 Å². The van der Waals surface area contributed by atoms with E-state index in [1.54, 1.807) is 0 Å².